The van der Waals surface area contributed by atoms with Crippen LogP contribution in [0.4, 0.5) is 5.69 Å². The molecule has 0 aliphatic carbocycles. The molecule has 0 amide bonds. The molecule has 10 nitrogen and oxygen atoms in total. The summed E-state index contributed by atoms with van der Waals surface area (Å²) < 4.78 is 82.4. The van der Waals surface area contributed by atoms with Crippen LogP contribution in [0.25, 0.3) is 0 Å². The Bertz CT molecular complexity index is 2580. The third-order valence-electron chi connectivity index (χ3n) is 10.5. The van der Waals surface area contributed by atoms with Gasteiger partial charge in [0.2, 0.25) is 0 Å². The minimum Gasteiger partial charge on any atom is -0.0622 e. The van der Waals surface area contributed by atoms with Gasteiger partial charge in [0.05, 0.1) is 7.11 Å². The van der Waals surface area contributed by atoms with Crippen LogP contribution in [0, 0.1) is 47.1 Å². The quantitative estimate of drug-likeness (QED) is 0.0674. The second-order valence-electron chi connectivity index (χ2n) is 15.7. The van der Waals surface area contributed by atoms with Crippen LogP contribution in [0.3, 0.4) is 0 Å². The molecule has 400 valence electrons. The van der Waals surface area contributed by atoms with Crippen molar-refractivity contribution in [3.05, 3.63) is 263 Å². The second kappa shape index (κ2) is 29.5. The van der Waals surface area contributed by atoms with Crippen LogP contribution in [0.5, 0.6) is 5.75 Å². The van der Waals surface area contributed by atoms with Gasteiger partial charge in [-0.25, -0.2) is 0 Å². The van der Waals surface area contributed by atoms with Gasteiger partial charge in [-0.3, -0.25) is 0 Å². The number of thiocarbonyl (C=S) groups is 1. The summed E-state index contributed by atoms with van der Waals surface area (Å²) >= 11 is 6.54. The first-order valence-electron chi connectivity index (χ1n) is 21.6. The zero-order valence-electron chi connectivity index (χ0n) is 40.0. The fourth-order valence-electron chi connectivity index (χ4n) is 6.98. The molecule has 74 heavy (non-hydrogen) atoms. The van der Waals surface area contributed by atoms with Gasteiger partial charge in [-0.2, -0.15) is 0 Å². The van der Waals surface area contributed by atoms with E-state index in [0.29, 0.717) is 21.2 Å². The third kappa shape index (κ3) is 19.1. The van der Waals surface area contributed by atoms with E-state index >= 15 is 0 Å². The van der Waals surface area contributed by atoms with Gasteiger partial charge < -0.3 is 10.1 Å². The number of methoxy groups -OCH3 is 1. The fraction of sp³-hybridized carbons (Fsp3) is 0.0364. The van der Waals surface area contributed by atoms with Crippen LogP contribution >= 0.6 is 45.6 Å². The van der Waals surface area contributed by atoms with E-state index in [9.17, 15) is 28.0 Å². The van der Waals surface area contributed by atoms with Gasteiger partial charge in [-0.05, 0) is 54.4 Å². The molecule has 2 radical (unpaired) electrons. The van der Waals surface area contributed by atoms with Crippen LogP contribution in [0.2, 0.25) is 0 Å². The van der Waals surface area contributed by atoms with Crippen LogP contribution < -0.4 is 75.1 Å². The summed E-state index contributed by atoms with van der Waals surface area (Å²) in [7, 11) is -8.11. The number of rotatable bonds is 13. The smallest absolute Gasteiger partial charge is 0.0134 e. The molecule has 0 aliphatic rings. The zero-order valence-corrected chi connectivity index (χ0v) is 50.2. The molecule has 0 bridgehead atoms. The zero-order chi connectivity index (χ0) is 52.4. The van der Waals surface area contributed by atoms with Crippen molar-refractivity contribution in [2.24, 2.45) is 0 Å². The number of hydrogen-bond donors (Lipinski definition) is 1. The Hall–Kier alpha value is -3.17. The van der Waals surface area contributed by atoms with Crippen LogP contribution in [-0.4, -0.2) is 17.7 Å². The number of thioether (sulfide) groups is 1. The van der Waals surface area contributed by atoms with Crippen LogP contribution in [0.1, 0.15) is 0 Å². The summed E-state index contributed by atoms with van der Waals surface area (Å²) in [6, 6.07) is 74.1. The van der Waals surface area contributed by atoms with Crippen molar-refractivity contribution in [2.75, 3.05) is 18.7 Å². The molecule has 0 atom stereocenters. The average molecular weight is 1490 g/mol. The van der Waals surface area contributed by atoms with Crippen LogP contribution in [-0.2, 0) is 52.9 Å². The Kier molecular flexibility index (Phi) is 26.0. The molecule has 0 aliphatic heterocycles. The summed E-state index contributed by atoms with van der Waals surface area (Å²) in [6.45, 7) is 7.67. The van der Waals surface area contributed by atoms with Crippen molar-refractivity contribution in [3.8, 4) is 5.75 Å². The van der Waals surface area contributed by atoms with E-state index in [2.05, 4.69) is 123 Å². The first-order valence-corrected chi connectivity index (χ1v) is 32.0. The van der Waals surface area contributed by atoms with Gasteiger partial charge in [-0.15, -0.1) is 11.8 Å². The van der Waals surface area contributed by atoms with E-state index in [0.717, 1.165) is 15.8 Å². The minimum atomic E-state index is -4.66. The molecule has 8 aromatic carbocycles. The number of halogens is 2. The van der Waals surface area contributed by atoms with Gasteiger partial charge in [0.1, 0.15) is 10.1 Å². The Morgan fingerprint density at radius 2 is 0.689 bits per heavy atom. The molecule has 8 aromatic rings. The Morgan fingerprint density at radius 1 is 0.446 bits per heavy atom. The largest absolute Gasteiger partial charge is 0.0622 e. The van der Waals surface area contributed by atoms with E-state index in [4.69, 9.17) is 25.1 Å². The molecular formula is C55H54Au2Cl2NO9P3S2-4. The Labute approximate surface area is 482 Å². The van der Waals surface area contributed by atoms with Gasteiger partial charge in [-0.1, -0.05) is 103 Å². The Morgan fingerprint density at radius 3 is 0.905 bits per heavy atom. The van der Waals surface area contributed by atoms with Crippen molar-refractivity contribution in [2.45, 2.75) is 0 Å². The predicted molar refractivity (Wildman–Crippen MR) is 290 cm³/mol. The van der Waals surface area contributed by atoms with Gasteiger partial charge in [0, 0.05) is 50.4 Å². The number of anilines is 1. The molecule has 0 spiro atoms. The summed E-state index contributed by atoms with van der Waals surface area (Å²) in [5.74, 6) is 0.848. The summed E-state index contributed by atoms with van der Waals surface area (Å²) in [4.78, 5) is 0. The molecule has 0 fully saturated rings. The topological polar surface area (TPSA) is 178 Å². The summed E-state index contributed by atoms with van der Waals surface area (Å²) in [5, 5.41) is 9.21. The molecule has 0 heterocycles. The van der Waals surface area contributed by atoms with E-state index < -0.39 is 42.1 Å². The van der Waals surface area contributed by atoms with E-state index in [1.807, 2.05) is 30.5 Å². The fourth-order valence-corrected chi connectivity index (χ4v) is 18.2. The molecular weight excluding hydrogens is 1440 g/mol. The minimum absolute atomic E-state index is 0. The van der Waals surface area contributed by atoms with Crippen LogP contribution in [0.15, 0.2) is 237 Å². The summed E-state index contributed by atoms with van der Waals surface area (Å²) in [6.07, 6.45) is 1.94. The van der Waals surface area contributed by atoms with Gasteiger partial charge in [0.25, 0.3) is 0 Å². The average Bonchev–Trinajstić information content (AvgIpc) is 3.38. The van der Waals surface area contributed by atoms with Crippen molar-refractivity contribution in [3.63, 3.8) is 0 Å². The SMILES string of the molecule is COc1ccc(NC(=S)SC)cc1.[Au].[Au].[CH2-]P([CH2-])(O[Cl+3]([O-])([O-])[O-])(c1ccccc1)c1ccccc1.[CH2-]P([CH2-])(O[Cl+3]([O-])([O-])[O-])(c1ccccc1)c1ccccc1.c1ccc(P(c2ccccc2)c2ccccc2)cc1. The van der Waals surface area contributed by atoms with Crippen molar-refractivity contribution < 1.29 is 106 Å². The van der Waals surface area contributed by atoms with Gasteiger partial charge >= 0.3 is 239 Å². The normalized spacial score (nSPS) is 12.2. The van der Waals surface area contributed by atoms with E-state index in [1.54, 1.807) is 128 Å². The standard InChI is InChI=1S/C18H15P.2C14H14ClO4P.C9H11NOS2.2Au/c1-4-10-16(11-5-1)19(17-12-6-2-7-13-17)18-14-8-3-9-15-18;2*1-20(2,19-15(16,17)18,13-9-5-3-6-10-13)14-11-7-4-8-12-14;1-11-8-5-3-7(4-6-8)10-9(12)13-2;;/h1-15H;2*3-12H,1-2H2;3-6H,1-2H3,(H,10,12);;/q;2*-2;;;. The molecule has 19 heteroatoms. The van der Waals surface area contributed by atoms with Gasteiger partial charge in [0.15, 0.2) is 0 Å². The molecule has 0 saturated carbocycles. The maximum Gasteiger partial charge on any atom is -0.0134 e. The molecule has 1 N–H and O–H groups in total. The summed E-state index contributed by atoms with van der Waals surface area (Å²) in [5.41, 5.74) is 0.986. The number of ether oxygens (including phenoxy) is 1. The maximum atomic E-state index is 11.1. The van der Waals surface area contributed by atoms with Crippen molar-refractivity contribution in [1.82, 2.24) is 0 Å². The maximum absolute atomic E-state index is 11.1. The third-order valence-corrected chi connectivity index (χ3v) is 24.0. The number of hydrogen-bond acceptors (Lipinski definition) is 11. The number of benzene rings is 8. The molecule has 0 saturated heterocycles. The predicted octanol–water partition coefficient (Wildman–Crippen LogP) is 5.40. The monoisotopic (exact) mass is 1490 g/mol. The van der Waals surface area contributed by atoms with Crippen molar-refractivity contribution >= 4 is 92.7 Å². The first-order chi connectivity index (χ1) is 34.1. The van der Waals surface area contributed by atoms with E-state index in [1.165, 1.54) is 27.7 Å². The Balaban J connectivity index is 0.000000261. The molecule has 0 aromatic heterocycles. The molecule has 0 unspecified atom stereocenters. The van der Waals surface area contributed by atoms with E-state index in [-0.39, 0.29) is 44.8 Å². The first kappa shape index (κ1) is 65.1. The number of nitrogens with one attached hydrogen (secondary N) is 1. The second-order valence-corrected chi connectivity index (χ2v) is 29.8. The molecule has 8 rings (SSSR count). The van der Waals surface area contributed by atoms with Crippen molar-refractivity contribution in [1.29, 1.82) is 0 Å².